The van der Waals surface area contributed by atoms with Crippen LogP contribution in [0, 0.1) is 12.7 Å². The summed E-state index contributed by atoms with van der Waals surface area (Å²) >= 11 is 0. The summed E-state index contributed by atoms with van der Waals surface area (Å²) in [6.07, 6.45) is 0.190. The molecule has 5 heteroatoms. The summed E-state index contributed by atoms with van der Waals surface area (Å²) in [6.45, 7) is 8.32. The second-order valence-corrected chi connectivity index (χ2v) is 9.36. The van der Waals surface area contributed by atoms with Crippen molar-refractivity contribution in [1.29, 1.82) is 0 Å². The van der Waals surface area contributed by atoms with E-state index in [9.17, 15) is 9.18 Å². The fourth-order valence-corrected chi connectivity index (χ4v) is 4.70. The maximum atomic E-state index is 14.7. The number of hydrogen-bond acceptors (Lipinski definition) is 3. The Morgan fingerprint density at radius 2 is 1.79 bits per heavy atom. The van der Waals surface area contributed by atoms with Crippen LogP contribution in [0.3, 0.4) is 0 Å². The van der Waals surface area contributed by atoms with E-state index >= 15 is 0 Å². The lowest BCUT2D eigenvalue weighted by Crippen LogP contribution is -2.37. The van der Waals surface area contributed by atoms with Crippen molar-refractivity contribution in [2.75, 3.05) is 7.11 Å². The number of methoxy groups -OCH3 is 1. The maximum absolute atomic E-state index is 14.7. The lowest BCUT2D eigenvalue weighted by Gasteiger charge is -2.25. The second kappa shape index (κ2) is 9.88. The van der Waals surface area contributed by atoms with Gasteiger partial charge in [0.15, 0.2) is 0 Å². The number of carbonyl (C=O) groups excluding carboxylic acids is 1. The SMILES string of the molecule is COc1cc(F)c(C(C)C)cc1-c1ccc(C)cc1CN1C(=O)O[C@@H](C)[C@@H]1Cc1ccccc1. The van der Waals surface area contributed by atoms with E-state index in [1.807, 2.05) is 69.0 Å². The summed E-state index contributed by atoms with van der Waals surface area (Å²) in [5.74, 6) is 0.234. The highest BCUT2D eigenvalue weighted by atomic mass is 19.1. The van der Waals surface area contributed by atoms with Crippen molar-refractivity contribution in [1.82, 2.24) is 4.90 Å². The van der Waals surface area contributed by atoms with E-state index in [4.69, 9.17) is 9.47 Å². The first-order chi connectivity index (χ1) is 16.3. The van der Waals surface area contributed by atoms with Crippen LogP contribution in [-0.4, -0.2) is 30.2 Å². The fraction of sp³-hybridized carbons (Fsp3) is 0.345. The Hall–Kier alpha value is -3.34. The molecule has 3 aromatic carbocycles. The normalized spacial score (nSPS) is 17.9. The molecule has 0 radical (unpaired) electrons. The zero-order chi connectivity index (χ0) is 24.4. The van der Waals surface area contributed by atoms with E-state index in [0.29, 0.717) is 24.3 Å². The smallest absolute Gasteiger partial charge is 0.410 e. The number of benzene rings is 3. The van der Waals surface area contributed by atoms with Crippen molar-refractivity contribution in [2.45, 2.75) is 58.7 Å². The van der Waals surface area contributed by atoms with E-state index in [0.717, 1.165) is 27.8 Å². The van der Waals surface area contributed by atoms with Gasteiger partial charge in [-0.3, -0.25) is 4.90 Å². The highest BCUT2D eigenvalue weighted by Crippen LogP contribution is 2.38. The molecule has 0 bridgehead atoms. The largest absolute Gasteiger partial charge is 0.496 e. The number of rotatable bonds is 7. The van der Waals surface area contributed by atoms with Gasteiger partial charge in [-0.2, -0.15) is 0 Å². The molecule has 34 heavy (non-hydrogen) atoms. The monoisotopic (exact) mass is 461 g/mol. The molecule has 0 aliphatic carbocycles. The Bertz CT molecular complexity index is 1180. The van der Waals surface area contributed by atoms with Gasteiger partial charge in [-0.15, -0.1) is 0 Å². The lowest BCUT2D eigenvalue weighted by atomic mass is 9.92. The number of ether oxygens (including phenoxy) is 2. The second-order valence-electron chi connectivity index (χ2n) is 9.36. The third kappa shape index (κ3) is 4.79. The topological polar surface area (TPSA) is 38.8 Å². The molecule has 0 saturated carbocycles. The number of carbonyl (C=O) groups is 1. The molecule has 3 aromatic rings. The van der Waals surface area contributed by atoms with Gasteiger partial charge < -0.3 is 9.47 Å². The van der Waals surface area contributed by atoms with Crippen LogP contribution in [0.25, 0.3) is 11.1 Å². The van der Waals surface area contributed by atoms with Crippen molar-refractivity contribution >= 4 is 6.09 Å². The third-order valence-electron chi connectivity index (χ3n) is 6.58. The first-order valence-electron chi connectivity index (χ1n) is 11.8. The fourth-order valence-electron chi connectivity index (χ4n) is 4.70. The molecule has 1 heterocycles. The van der Waals surface area contributed by atoms with Crippen LogP contribution in [0.1, 0.15) is 48.9 Å². The van der Waals surface area contributed by atoms with Gasteiger partial charge in [0.2, 0.25) is 0 Å². The van der Waals surface area contributed by atoms with Gasteiger partial charge in [-0.05, 0) is 54.5 Å². The van der Waals surface area contributed by atoms with Crippen LogP contribution in [0.4, 0.5) is 9.18 Å². The maximum Gasteiger partial charge on any atom is 0.410 e. The minimum atomic E-state index is -0.310. The number of aryl methyl sites for hydroxylation is 1. The Labute approximate surface area is 201 Å². The molecule has 0 spiro atoms. The molecule has 1 fully saturated rings. The first-order valence-corrected chi connectivity index (χ1v) is 11.8. The molecule has 1 amide bonds. The summed E-state index contributed by atoms with van der Waals surface area (Å²) in [4.78, 5) is 14.7. The van der Waals surface area contributed by atoms with E-state index in [1.54, 1.807) is 7.11 Å². The van der Waals surface area contributed by atoms with E-state index in [1.165, 1.54) is 6.07 Å². The lowest BCUT2D eigenvalue weighted by molar-refractivity contribution is 0.136. The molecule has 4 rings (SSSR count). The first kappa shape index (κ1) is 23.8. The molecule has 1 aliphatic heterocycles. The average Bonchev–Trinajstić information content (AvgIpc) is 3.06. The Balaban J connectivity index is 1.74. The van der Waals surface area contributed by atoms with E-state index in [2.05, 4.69) is 18.2 Å². The van der Waals surface area contributed by atoms with Gasteiger partial charge in [0.05, 0.1) is 19.7 Å². The average molecular weight is 462 g/mol. The predicted octanol–water partition coefficient (Wildman–Crippen LogP) is 6.89. The number of halogens is 1. The standard InChI is InChI=1S/C29H32FNO3/c1-18(2)24-15-25(28(33-5)16-26(24)30)23-12-11-19(3)13-22(23)17-31-27(20(4)34-29(31)32)14-21-9-7-6-8-10-21/h6-13,15-16,18,20,27H,14,17H2,1-5H3/t20-,27-/m0/s1. The molecule has 178 valence electrons. The van der Waals surface area contributed by atoms with Gasteiger partial charge >= 0.3 is 6.09 Å². The molecule has 4 nitrogen and oxygen atoms in total. The molecule has 0 unspecified atom stereocenters. The zero-order valence-corrected chi connectivity index (χ0v) is 20.5. The highest BCUT2D eigenvalue weighted by Gasteiger charge is 2.39. The number of nitrogens with zero attached hydrogens (tertiary/aromatic N) is 1. The quantitative estimate of drug-likeness (QED) is 0.385. The molecule has 0 N–H and O–H groups in total. The molecular formula is C29H32FNO3. The third-order valence-corrected chi connectivity index (χ3v) is 6.58. The van der Waals surface area contributed by atoms with Crippen molar-refractivity contribution in [2.24, 2.45) is 0 Å². The molecule has 2 atom stereocenters. The number of cyclic esters (lactones) is 1. The van der Waals surface area contributed by atoms with Crippen molar-refractivity contribution in [3.8, 4) is 16.9 Å². The Morgan fingerprint density at radius 3 is 2.47 bits per heavy atom. The van der Waals surface area contributed by atoms with Gasteiger partial charge in [0.1, 0.15) is 17.7 Å². The molecule has 1 aliphatic rings. The van der Waals surface area contributed by atoms with Gasteiger partial charge in [0.25, 0.3) is 0 Å². The van der Waals surface area contributed by atoms with Crippen LogP contribution < -0.4 is 4.74 Å². The molecule has 0 aromatic heterocycles. The summed E-state index contributed by atoms with van der Waals surface area (Å²) in [6, 6.07) is 19.5. The zero-order valence-electron chi connectivity index (χ0n) is 20.5. The number of amides is 1. The van der Waals surface area contributed by atoms with Gasteiger partial charge in [-0.25, -0.2) is 9.18 Å². The van der Waals surface area contributed by atoms with Crippen LogP contribution in [0.5, 0.6) is 5.75 Å². The Kier molecular flexibility index (Phi) is 6.92. The van der Waals surface area contributed by atoms with Crippen molar-refractivity contribution < 1.29 is 18.7 Å². The van der Waals surface area contributed by atoms with Crippen LogP contribution in [0.15, 0.2) is 60.7 Å². The van der Waals surface area contributed by atoms with Crippen molar-refractivity contribution in [3.05, 3.63) is 88.7 Å². The van der Waals surface area contributed by atoms with Crippen LogP contribution in [-0.2, 0) is 17.7 Å². The van der Waals surface area contributed by atoms with E-state index in [-0.39, 0.29) is 30.0 Å². The predicted molar refractivity (Wildman–Crippen MR) is 133 cm³/mol. The van der Waals surface area contributed by atoms with Crippen LogP contribution >= 0.6 is 0 Å². The molecular weight excluding hydrogens is 429 g/mol. The highest BCUT2D eigenvalue weighted by molar-refractivity contribution is 5.76. The summed E-state index contributed by atoms with van der Waals surface area (Å²) in [7, 11) is 1.55. The summed E-state index contributed by atoms with van der Waals surface area (Å²) in [5, 5.41) is 0. The Morgan fingerprint density at radius 1 is 1.06 bits per heavy atom. The number of hydrogen-bond donors (Lipinski definition) is 0. The minimum absolute atomic E-state index is 0.0308. The summed E-state index contributed by atoms with van der Waals surface area (Å²) < 4.78 is 25.9. The van der Waals surface area contributed by atoms with Crippen molar-refractivity contribution in [3.63, 3.8) is 0 Å². The van der Waals surface area contributed by atoms with E-state index < -0.39 is 0 Å². The molecule has 1 saturated heterocycles. The van der Waals surface area contributed by atoms with Crippen LogP contribution in [0.2, 0.25) is 0 Å². The minimum Gasteiger partial charge on any atom is -0.496 e. The van der Waals surface area contributed by atoms with Gasteiger partial charge in [-0.1, -0.05) is 67.9 Å². The van der Waals surface area contributed by atoms with Gasteiger partial charge in [0, 0.05) is 11.6 Å². The summed E-state index contributed by atoms with van der Waals surface area (Å²) in [5.41, 5.74) is 5.61.